The van der Waals surface area contributed by atoms with Gasteiger partial charge in [0, 0.05) is 9.86 Å². The maximum atomic E-state index is 13.5. The molecular formula is C24H16BrNO6. The Bertz CT molecular complexity index is 1430. The van der Waals surface area contributed by atoms with Crippen LogP contribution in [0.1, 0.15) is 28.1 Å². The number of para-hydroxylation sites is 2. The van der Waals surface area contributed by atoms with E-state index in [0.29, 0.717) is 16.7 Å². The number of aliphatic hydroxyl groups is 1. The standard InChI is InChI=1S/C24H16BrNO6/c1-12-6-8-18(31-12)21-20(22(28)19-11-13-10-14(25)7-9-17(13)32-19)23(29)24(30)26(21)15-4-2-3-5-16(15)27/h2-11,21,27,29H,1H3. The topological polar surface area (TPSA) is 104 Å². The zero-order chi connectivity index (χ0) is 22.6. The van der Waals surface area contributed by atoms with E-state index in [2.05, 4.69) is 15.9 Å². The van der Waals surface area contributed by atoms with E-state index in [9.17, 15) is 19.8 Å². The molecule has 1 atom stereocenters. The summed E-state index contributed by atoms with van der Waals surface area (Å²) in [5, 5.41) is 21.8. The lowest BCUT2D eigenvalue weighted by atomic mass is 9.99. The van der Waals surface area contributed by atoms with Crippen molar-refractivity contribution in [2.45, 2.75) is 13.0 Å². The molecule has 0 radical (unpaired) electrons. The Balaban J connectivity index is 1.67. The van der Waals surface area contributed by atoms with Gasteiger partial charge in [0.15, 0.2) is 11.5 Å². The van der Waals surface area contributed by atoms with Crippen molar-refractivity contribution in [3.8, 4) is 5.75 Å². The molecule has 32 heavy (non-hydrogen) atoms. The minimum absolute atomic E-state index is 0.0279. The molecule has 7 nitrogen and oxygen atoms in total. The largest absolute Gasteiger partial charge is 0.506 e. The van der Waals surface area contributed by atoms with Gasteiger partial charge in [0.1, 0.15) is 28.9 Å². The predicted molar refractivity (Wildman–Crippen MR) is 120 cm³/mol. The Morgan fingerprint density at radius 3 is 2.53 bits per heavy atom. The Morgan fingerprint density at radius 2 is 1.81 bits per heavy atom. The number of carbonyl (C=O) groups is 2. The van der Waals surface area contributed by atoms with Crippen LogP contribution in [0.4, 0.5) is 5.69 Å². The number of ketones is 1. The number of aliphatic hydroxyl groups excluding tert-OH is 1. The van der Waals surface area contributed by atoms with E-state index in [4.69, 9.17) is 8.83 Å². The number of rotatable bonds is 4. The molecule has 5 rings (SSSR count). The quantitative estimate of drug-likeness (QED) is 0.359. The Morgan fingerprint density at radius 1 is 1.03 bits per heavy atom. The number of Topliss-reactive ketones (excluding diaryl/α,β-unsaturated/α-hetero) is 1. The first kappa shape index (κ1) is 20.1. The Kier molecular flexibility index (Phi) is 4.67. The van der Waals surface area contributed by atoms with Gasteiger partial charge in [0.05, 0.1) is 11.3 Å². The van der Waals surface area contributed by atoms with E-state index in [1.165, 1.54) is 12.1 Å². The molecule has 0 saturated carbocycles. The van der Waals surface area contributed by atoms with Crippen LogP contribution < -0.4 is 4.90 Å². The van der Waals surface area contributed by atoms with Gasteiger partial charge in [-0.1, -0.05) is 28.1 Å². The van der Waals surface area contributed by atoms with Crippen LogP contribution >= 0.6 is 15.9 Å². The fourth-order valence-electron chi connectivity index (χ4n) is 3.88. The molecule has 0 bridgehead atoms. The van der Waals surface area contributed by atoms with E-state index in [1.807, 2.05) is 0 Å². The van der Waals surface area contributed by atoms with Crippen LogP contribution in [-0.4, -0.2) is 21.9 Å². The van der Waals surface area contributed by atoms with Crippen LogP contribution in [0.25, 0.3) is 11.0 Å². The number of fused-ring (bicyclic) bond motifs is 1. The highest BCUT2D eigenvalue weighted by atomic mass is 79.9. The number of carbonyl (C=O) groups excluding carboxylic acids is 2. The molecule has 0 fully saturated rings. The van der Waals surface area contributed by atoms with Crippen molar-refractivity contribution in [3.63, 3.8) is 0 Å². The number of halogens is 1. The monoisotopic (exact) mass is 493 g/mol. The number of hydrogen-bond donors (Lipinski definition) is 2. The Labute approximate surface area is 190 Å². The molecule has 1 aliphatic rings. The van der Waals surface area contributed by atoms with Crippen molar-refractivity contribution in [3.05, 3.63) is 93.7 Å². The number of benzene rings is 2. The van der Waals surface area contributed by atoms with Crippen LogP contribution in [-0.2, 0) is 4.79 Å². The summed E-state index contributed by atoms with van der Waals surface area (Å²) in [6.07, 6.45) is 0. The summed E-state index contributed by atoms with van der Waals surface area (Å²) in [6, 6.07) is 15.3. The fourth-order valence-corrected chi connectivity index (χ4v) is 4.26. The van der Waals surface area contributed by atoms with Crippen molar-refractivity contribution in [1.82, 2.24) is 0 Å². The summed E-state index contributed by atoms with van der Waals surface area (Å²) in [4.78, 5) is 27.7. The van der Waals surface area contributed by atoms with Crippen molar-refractivity contribution < 1.29 is 28.6 Å². The van der Waals surface area contributed by atoms with Crippen LogP contribution in [0.5, 0.6) is 5.75 Å². The summed E-state index contributed by atoms with van der Waals surface area (Å²) in [5.41, 5.74) is 0.439. The molecular weight excluding hydrogens is 478 g/mol. The van der Waals surface area contributed by atoms with Crippen molar-refractivity contribution in [1.29, 1.82) is 0 Å². The highest BCUT2D eigenvalue weighted by molar-refractivity contribution is 9.10. The molecule has 3 heterocycles. The lowest BCUT2D eigenvalue weighted by Crippen LogP contribution is -2.30. The summed E-state index contributed by atoms with van der Waals surface area (Å²) in [6.45, 7) is 1.73. The van der Waals surface area contributed by atoms with E-state index >= 15 is 0 Å². The van der Waals surface area contributed by atoms with Crippen LogP contribution in [0.2, 0.25) is 0 Å². The lowest BCUT2D eigenvalue weighted by Gasteiger charge is -2.25. The second-order valence-corrected chi connectivity index (χ2v) is 8.31. The van der Waals surface area contributed by atoms with Gasteiger partial charge >= 0.3 is 0 Å². The Hall–Kier alpha value is -3.78. The zero-order valence-electron chi connectivity index (χ0n) is 16.7. The van der Waals surface area contributed by atoms with Crippen LogP contribution in [0.15, 0.2) is 85.3 Å². The summed E-state index contributed by atoms with van der Waals surface area (Å²) < 4.78 is 12.3. The van der Waals surface area contributed by atoms with Crippen LogP contribution in [0.3, 0.4) is 0 Å². The number of aromatic hydroxyl groups is 1. The number of phenolic OH excluding ortho intramolecular Hbond substituents is 1. The van der Waals surface area contributed by atoms with Crippen molar-refractivity contribution in [2.24, 2.45) is 0 Å². The molecule has 1 amide bonds. The third kappa shape index (κ3) is 3.11. The van der Waals surface area contributed by atoms with Crippen molar-refractivity contribution in [2.75, 3.05) is 4.90 Å². The van der Waals surface area contributed by atoms with E-state index in [0.717, 1.165) is 9.37 Å². The minimum atomic E-state index is -1.09. The normalized spacial score (nSPS) is 16.4. The van der Waals surface area contributed by atoms with Gasteiger partial charge < -0.3 is 19.0 Å². The molecule has 2 aromatic heterocycles. The van der Waals surface area contributed by atoms with Gasteiger partial charge in [-0.05, 0) is 55.5 Å². The average Bonchev–Trinajstić information content (AvgIpc) is 3.45. The molecule has 1 unspecified atom stereocenters. The van der Waals surface area contributed by atoms with Gasteiger partial charge in [-0.2, -0.15) is 0 Å². The summed E-state index contributed by atoms with van der Waals surface area (Å²) in [7, 11) is 0. The maximum Gasteiger partial charge on any atom is 0.294 e. The maximum absolute atomic E-state index is 13.5. The number of hydrogen-bond acceptors (Lipinski definition) is 6. The van der Waals surface area contributed by atoms with E-state index < -0.39 is 23.5 Å². The lowest BCUT2D eigenvalue weighted by molar-refractivity contribution is -0.117. The summed E-state index contributed by atoms with van der Waals surface area (Å²) >= 11 is 3.38. The van der Waals surface area contributed by atoms with Crippen LogP contribution in [0, 0.1) is 6.92 Å². The third-order valence-corrected chi connectivity index (χ3v) is 5.82. The molecule has 4 aromatic rings. The first-order chi connectivity index (χ1) is 15.3. The number of aryl methyl sites for hydroxylation is 1. The number of phenols is 1. The molecule has 2 aromatic carbocycles. The average molecular weight is 494 g/mol. The molecule has 0 saturated heterocycles. The van der Waals surface area contributed by atoms with Crippen molar-refractivity contribution >= 4 is 44.3 Å². The predicted octanol–water partition coefficient (Wildman–Crippen LogP) is 5.59. The second-order valence-electron chi connectivity index (χ2n) is 7.40. The summed E-state index contributed by atoms with van der Waals surface area (Å²) in [5.74, 6) is -1.57. The minimum Gasteiger partial charge on any atom is -0.506 e. The highest BCUT2D eigenvalue weighted by Gasteiger charge is 2.47. The van der Waals surface area contributed by atoms with Gasteiger partial charge in [0.2, 0.25) is 5.78 Å². The molecule has 2 N–H and O–H groups in total. The fraction of sp³-hybridized carbons (Fsp3) is 0.0833. The molecule has 0 aliphatic carbocycles. The molecule has 160 valence electrons. The smallest absolute Gasteiger partial charge is 0.294 e. The number of anilines is 1. The molecule has 8 heteroatoms. The first-order valence-corrected chi connectivity index (χ1v) is 10.5. The van der Waals surface area contributed by atoms with Gasteiger partial charge in [-0.15, -0.1) is 0 Å². The van der Waals surface area contributed by atoms with Gasteiger partial charge in [-0.3, -0.25) is 14.5 Å². The van der Waals surface area contributed by atoms with Gasteiger partial charge in [0.25, 0.3) is 5.91 Å². The number of nitrogens with zero attached hydrogens (tertiary/aromatic N) is 1. The molecule has 0 spiro atoms. The van der Waals surface area contributed by atoms with E-state index in [-0.39, 0.29) is 28.5 Å². The number of amides is 1. The highest BCUT2D eigenvalue weighted by Crippen LogP contribution is 2.45. The third-order valence-electron chi connectivity index (χ3n) is 5.33. The second kappa shape index (κ2) is 7.42. The SMILES string of the molecule is Cc1ccc(C2C(C(=O)c3cc4cc(Br)ccc4o3)=C(O)C(=O)N2c2ccccc2O)o1. The van der Waals surface area contributed by atoms with Gasteiger partial charge in [-0.25, -0.2) is 0 Å². The van der Waals surface area contributed by atoms with E-state index in [1.54, 1.807) is 55.5 Å². The number of furan rings is 2. The molecule has 1 aliphatic heterocycles. The first-order valence-electron chi connectivity index (χ1n) is 9.70. The zero-order valence-corrected chi connectivity index (χ0v) is 18.3.